The number of guanidine groups is 1. The fourth-order valence-corrected chi connectivity index (χ4v) is 1.69. The summed E-state index contributed by atoms with van der Waals surface area (Å²) in [6.45, 7) is -0.848. The van der Waals surface area contributed by atoms with Gasteiger partial charge in [0.2, 0.25) is 0 Å². The number of benzene rings is 1. The Balaban J connectivity index is 0.00000529. The second-order valence-electron chi connectivity index (χ2n) is 4.52. The van der Waals surface area contributed by atoms with Gasteiger partial charge >= 0.3 is 12.4 Å². The van der Waals surface area contributed by atoms with E-state index in [1.807, 2.05) is 0 Å². The molecule has 0 heterocycles. The molecule has 0 radical (unpaired) electrons. The molecule has 0 bridgehead atoms. The molecule has 3 nitrogen and oxygen atoms in total. The van der Waals surface area contributed by atoms with E-state index in [0.29, 0.717) is 6.07 Å². The molecule has 2 N–H and O–H groups in total. The molecule has 0 amide bonds. The Morgan fingerprint density at radius 3 is 2.21 bits per heavy atom. The third kappa shape index (κ3) is 8.02. The third-order valence-corrected chi connectivity index (χ3v) is 2.75. The van der Waals surface area contributed by atoms with Crippen molar-refractivity contribution in [2.24, 2.45) is 4.99 Å². The maximum absolute atomic E-state index is 13.0. The van der Waals surface area contributed by atoms with Gasteiger partial charge in [-0.1, -0.05) is 6.07 Å². The Bertz CT molecular complexity index is 555. The molecule has 0 fully saturated rings. The highest BCUT2D eigenvalue weighted by Crippen LogP contribution is 2.32. The summed E-state index contributed by atoms with van der Waals surface area (Å²) in [4.78, 5) is 3.60. The second-order valence-corrected chi connectivity index (χ2v) is 4.52. The summed E-state index contributed by atoms with van der Waals surface area (Å²) < 4.78 is 87.4. The second kappa shape index (κ2) is 9.28. The van der Waals surface area contributed by atoms with Crippen LogP contribution in [-0.4, -0.2) is 25.7 Å². The van der Waals surface area contributed by atoms with Crippen LogP contribution in [0.5, 0.6) is 0 Å². The van der Waals surface area contributed by atoms with Gasteiger partial charge in [0.15, 0.2) is 5.96 Å². The Morgan fingerprint density at radius 1 is 1.08 bits per heavy atom. The summed E-state index contributed by atoms with van der Waals surface area (Å²) in [6, 6.07) is 2.18. The first-order valence-corrected chi connectivity index (χ1v) is 6.40. The molecule has 0 aromatic heterocycles. The van der Waals surface area contributed by atoms with Crippen LogP contribution in [0.2, 0.25) is 0 Å². The molecule has 138 valence electrons. The summed E-state index contributed by atoms with van der Waals surface area (Å²) >= 11 is 0. The molecular formula is C13H15F7IN3. The highest BCUT2D eigenvalue weighted by molar-refractivity contribution is 14.0. The van der Waals surface area contributed by atoms with Crippen LogP contribution in [0.25, 0.3) is 0 Å². The van der Waals surface area contributed by atoms with Gasteiger partial charge in [0.1, 0.15) is 5.82 Å². The van der Waals surface area contributed by atoms with E-state index in [1.54, 1.807) is 0 Å². The van der Waals surface area contributed by atoms with Crippen molar-refractivity contribution >= 4 is 29.9 Å². The molecular weight excluding hydrogens is 458 g/mol. The highest BCUT2D eigenvalue weighted by atomic mass is 127. The van der Waals surface area contributed by atoms with Crippen LogP contribution in [0.4, 0.5) is 30.7 Å². The minimum atomic E-state index is -4.74. The molecule has 0 unspecified atom stereocenters. The van der Waals surface area contributed by atoms with Crippen molar-refractivity contribution in [3.8, 4) is 0 Å². The SMILES string of the molecule is CN=C(NCCC(F)(F)F)NCc1ccc(F)cc1C(F)(F)F.I. The van der Waals surface area contributed by atoms with E-state index in [9.17, 15) is 30.7 Å². The van der Waals surface area contributed by atoms with Gasteiger partial charge in [-0.15, -0.1) is 24.0 Å². The number of aliphatic imine (C=N–C) groups is 1. The highest BCUT2D eigenvalue weighted by Gasteiger charge is 2.33. The fourth-order valence-electron chi connectivity index (χ4n) is 1.69. The maximum Gasteiger partial charge on any atom is 0.416 e. The van der Waals surface area contributed by atoms with E-state index in [2.05, 4.69) is 15.6 Å². The van der Waals surface area contributed by atoms with Crippen molar-refractivity contribution in [3.63, 3.8) is 0 Å². The molecule has 1 aromatic rings. The van der Waals surface area contributed by atoms with Crippen molar-refractivity contribution in [2.45, 2.75) is 25.3 Å². The molecule has 0 aliphatic carbocycles. The summed E-state index contributed by atoms with van der Waals surface area (Å²) in [5.41, 5.74) is -1.41. The van der Waals surface area contributed by atoms with E-state index in [4.69, 9.17) is 0 Å². The molecule has 0 atom stereocenters. The van der Waals surface area contributed by atoms with Gasteiger partial charge < -0.3 is 10.6 Å². The van der Waals surface area contributed by atoms with Crippen molar-refractivity contribution in [1.29, 1.82) is 0 Å². The molecule has 0 spiro atoms. The van der Waals surface area contributed by atoms with Crippen molar-refractivity contribution in [1.82, 2.24) is 10.6 Å². The van der Waals surface area contributed by atoms with Gasteiger partial charge in [-0.2, -0.15) is 26.3 Å². The molecule has 11 heteroatoms. The van der Waals surface area contributed by atoms with Gasteiger partial charge in [0.05, 0.1) is 12.0 Å². The predicted molar refractivity (Wildman–Crippen MR) is 85.7 cm³/mol. The van der Waals surface area contributed by atoms with Gasteiger partial charge in [0.25, 0.3) is 0 Å². The number of nitrogens with zero attached hydrogens (tertiary/aromatic N) is 1. The molecule has 0 aliphatic rings. The van der Waals surface area contributed by atoms with Crippen LogP contribution < -0.4 is 10.6 Å². The molecule has 0 saturated heterocycles. The Hall–Kier alpha value is -1.27. The van der Waals surface area contributed by atoms with Crippen LogP contribution in [0, 0.1) is 5.82 Å². The number of hydrogen-bond acceptors (Lipinski definition) is 1. The smallest absolute Gasteiger partial charge is 0.356 e. The summed E-state index contributed by atoms with van der Waals surface area (Å²) in [5, 5.41) is 4.78. The van der Waals surface area contributed by atoms with E-state index in [-0.39, 0.29) is 42.0 Å². The molecule has 0 aliphatic heterocycles. The van der Waals surface area contributed by atoms with Crippen LogP contribution in [0.1, 0.15) is 17.5 Å². The Kier molecular flexibility index (Phi) is 8.78. The zero-order valence-corrected chi connectivity index (χ0v) is 14.7. The molecule has 1 rings (SSSR count). The first kappa shape index (κ1) is 22.7. The van der Waals surface area contributed by atoms with Gasteiger partial charge in [0, 0.05) is 20.1 Å². The summed E-state index contributed by atoms with van der Waals surface area (Å²) in [7, 11) is 1.26. The lowest BCUT2D eigenvalue weighted by Crippen LogP contribution is -2.38. The van der Waals surface area contributed by atoms with Gasteiger partial charge in [-0.3, -0.25) is 4.99 Å². The maximum atomic E-state index is 13.0. The molecule has 1 aromatic carbocycles. The molecule has 0 saturated carbocycles. The minimum absolute atomic E-state index is 0. The average Bonchev–Trinajstić information content (AvgIpc) is 2.41. The lowest BCUT2D eigenvalue weighted by molar-refractivity contribution is -0.138. The van der Waals surface area contributed by atoms with E-state index < -0.39 is 36.7 Å². The van der Waals surface area contributed by atoms with Crippen LogP contribution in [0.3, 0.4) is 0 Å². The monoisotopic (exact) mass is 473 g/mol. The van der Waals surface area contributed by atoms with Crippen molar-refractivity contribution in [2.75, 3.05) is 13.6 Å². The van der Waals surface area contributed by atoms with E-state index in [1.165, 1.54) is 7.05 Å². The standard InChI is InChI=1S/C13H14F7N3.HI/c1-21-11(22-5-4-12(15,16)17)23-7-8-2-3-9(14)6-10(8)13(18,19)20;/h2-3,6H,4-5,7H2,1H3,(H2,21,22,23);1H. The quantitative estimate of drug-likeness (QED) is 0.300. The van der Waals surface area contributed by atoms with Gasteiger partial charge in [-0.25, -0.2) is 4.39 Å². The predicted octanol–water partition coefficient (Wildman–Crippen LogP) is 4.08. The zero-order chi connectivity index (χ0) is 17.7. The Labute approximate surface area is 150 Å². The number of hydrogen-bond donors (Lipinski definition) is 2. The zero-order valence-electron chi connectivity index (χ0n) is 12.4. The van der Waals surface area contributed by atoms with Crippen LogP contribution in [-0.2, 0) is 12.7 Å². The lowest BCUT2D eigenvalue weighted by atomic mass is 10.1. The van der Waals surface area contributed by atoms with Gasteiger partial charge in [-0.05, 0) is 17.7 Å². The Morgan fingerprint density at radius 2 is 1.71 bits per heavy atom. The van der Waals surface area contributed by atoms with Crippen LogP contribution >= 0.6 is 24.0 Å². The molecule has 24 heavy (non-hydrogen) atoms. The minimum Gasteiger partial charge on any atom is -0.356 e. The first-order valence-electron chi connectivity index (χ1n) is 6.40. The number of nitrogens with one attached hydrogen (secondary N) is 2. The first-order chi connectivity index (χ1) is 10.5. The number of rotatable bonds is 4. The van der Waals surface area contributed by atoms with Crippen molar-refractivity contribution < 1.29 is 30.7 Å². The van der Waals surface area contributed by atoms with E-state index in [0.717, 1.165) is 12.1 Å². The summed E-state index contributed by atoms with van der Waals surface area (Å²) in [6.07, 6.45) is -10.2. The fraction of sp³-hybridized carbons (Fsp3) is 0.462. The third-order valence-electron chi connectivity index (χ3n) is 2.75. The average molecular weight is 473 g/mol. The van der Waals surface area contributed by atoms with E-state index >= 15 is 0 Å². The van der Waals surface area contributed by atoms with Crippen molar-refractivity contribution in [3.05, 3.63) is 35.1 Å². The number of halogens is 8. The normalized spacial score (nSPS) is 12.6. The largest absolute Gasteiger partial charge is 0.416 e. The topological polar surface area (TPSA) is 36.4 Å². The lowest BCUT2D eigenvalue weighted by Gasteiger charge is -2.16. The summed E-state index contributed by atoms with van der Waals surface area (Å²) in [5.74, 6) is -1.12. The number of alkyl halides is 6. The van der Waals surface area contributed by atoms with Crippen LogP contribution in [0.15, 0.2) is 23.2 Å².